The lowest BCUT2D eigenvalue weighted by atomic mass is 9.87. The molecule has 1 saturated carbocycles. The first-order valence-corrected chi connectivity index (χ1v) is 13.4. The number of amidine groups is 1. The number of carbonyl (C=O) groups excluding carboxylic acids is 1. The van der Waals surface area contributed by atoms with Crippen LogP contribution in [0.1, 0.15) is 36.8 Å². The minimum atomic E-state index is -3.58. The molecule has 4 N–H and O–H groups in total. The van der Waals surface area contributed by atoms with Gasteiger partial charge in [0.25, 0.3) is 0 Å². The Balaban J connectivity index is 1.50. The molecule has 0 spiro atoms. The molecule has 0 saturated heterocycles. The van der Waals surface area contributed by atoms with Gasteiger partial charge >= 0.3 is 0 Å². The summed E-state index contributed by atoms with van der Waals surface area (Å²) in [5, 5.41) is 10.7. The maximum Gasteiger partial charge on any atom is 0.248 e. The smallest absolute Gasteiger partial charge is 0.248 e. The fourth-order valence-electron chi connectivity index (χ4n) is 4.80. The minimum absolute atomic E-state index is 0.00132. The second kappa shape index (κ2) is 9.93. The molecule has 2 aliphatic rings. The molecule has 2 aromatic carbocycles. The molecule has 1 fully saturated rings. The third-order valence-corrected chi connectivity index (χ3v) is 8.61. The Bertz CT molecular complexity index is 1190. The first kappa shape index (κ1) is 25.1. The van der Waals surface area contributed by atoms with Crippen LogP contribution in [0.4, 0.5) is 14.5 Å². The molecule has 35 heavy (non-hydrogen) atoms. The number of hydrogen-bond acceptors (Lipinski definition) is 5. The number of carbonyl (C=O) groups is 1. The summed E-state index contributed by atoms with van der Waals surface area (Å²) in [6, 6.07) is 12.7. The van der Waals surface area contributed by atoms with Crippen molar-refractivity contribution in [1.82, 2.24) is 5.32 Å². The first-order valence-electron chi connectivity index (χ1n) is 11.7. The van der Waals surface area contributed by atoms with Gasteiger partial charge in [-0.2, -0.15) is 0 Å². The molecule has 1 heterocycles. The van der Waals surface area contributed by atoms with Crippen molar-refractivity contribution in [3.8, 4) is 0 Å². The van der Waals surface area contributed by atoms with Gasteiger partial charge in [0.1, 0.15) is 11.9 Å². The van der Waals surface area contributed by atoms with Gasteiger partial charge in [0, 0.05) is 43.6 Å². The fourth-order valence-corrected chi connectivity index (χ4v) is 6.04. The zero-order chi connectivity index (χ0) is 25.2. The number of fused-ring (bicyclic) bond motifs is 1. The van der Waals surface area contributed by atoms with E-state index in [1.807, 2.05) is 0 Å². The lowest BCUT2D eigenvalue weighted by molar-refractivity contribution is -0.122. The second-order valence-electron chi connectivity index (χ2n) is 9.35. The molecular weight excluding hydrogens is 474 g/mol. The van der Waals surface area contributed by atoms with Gasteiger partial charge in [0.2, 0.25) is 11.8 Å². The quantitative estimate of drug-likeness (QED) is 0.377. The van der Waals surface area contributed by atoms with E-state index in [9.17, 15) is 22.0 Å². The summed E-state index contributed by atoms with van der Waals surface area (Å²) in [6.45, 7) is 0.399. The average Bonchev–Trinajstić information content (AvgIpc) is 3.20. The maximum absolute atomic E-state index is 13.5. The van der Waals surface area contributed by atoms with Crippen LogP contribution in [0, 0.1) is 11.3 Å². The highest BCUT2D eigenvalue weighted by Crippen LogP contribution is 2.36. The predicted molar refractivity (Wildman–Crippen MR) is 131 cm³/mol. The number of nitrogens with zero attached hydrogens (tertiary/aromatic N) is 1. The summed E-state index contributed by atoms with van der Waals surface area (Å²) >= 11 is 0. The van der Waals surface area contributed by atoms with Gasteiger partial charge in [-0.3, -0.25) is 10.2 Å². The van der Waals surface area contributed by atoms with Crippen molar-refractivity contribution >= 4 is 27.3 Å². The molecule has 1 aliphatic carbocycles. The van der Waals surface area contributed by atoms with Crippen molar-refractivity contribution in [3.63, 3.8) is 0 Å². The first-order chi connectivity index (χ1) is 16.6. The summed E-state index contributed by atoms with van der Waals surface area (Å²) in [4.78, 5) is 15.2. The standard InChI is InChI=1S/C25H30F2N4O3S/c26-25(27)10-8-17(9-11-25)16-30-24(32)22-14-18-6-7-19(23(28)29)15-21(18)31(22)12-13-35(33,34)20-4-2-1-3-5-20/h1-7,15,17,22H,8-14,16H2,(H3,28,29)(H,30,32). The SMILES string of the molecule is N=C(N)c1ccc2c(c1)N(CCS(=O)(=O)c1ccccc1)C(C(=O)NCC1CCC(F)(F)CC1)C2. The van der Waals surface area contributed by atoms with Crippen LogP contribution in [0.5, 0.6) is 0 Å². The van der Waals surface area contributed by atoms with E-state index in [0.29, 0.717) is 37.1 Å². The van der Waals surface area contributed by atoms with E-state index in [-0.39, 0.29) is 47.7 Å². The van der Waals surface area contributed by atoms with E-state index in [4.69, 9.17) is 11.1 Å². The van der Waals surface area contributed by atoms with E-state index < -0.39 is 21.8 Å². The lowest BCUT2D eigenvalue weighted by Crippen LogP contribution is -2.48. The number of nitrogens with two attached hydrogens (primary N) is 1. The summed E-state index contributed by atoms with van der Waals surface area (Å²) in [5.74, 6) is -3.20. The van der Waals surface area contributed by atoms with Gasteiger partial charge in [0.15, 0.2) is 9.84 Å². The predicted octanol–water partition coefficient (Wildman–Crippen LogP) is 3.12. The molecule has 188 valence electrons. The Labute approximate surface area is 204 Å². The molecule has 1 atom stereocenters. The van der Waals surface area contributed by atoms with E-state index in [2.05, 4.69) is 5.32 Å². The fraction of sp³-hybridized carbons (Fsp3) is 0.440. The topological polar surface area (TPSA) is 116 Å². The highest BCUT2D eigenvalue weighted by Gasteiger charge is 2.37. The van der Waals surface area contributed by atoms with Crippen LogP contribution in [-0.4, -0.2) is 51.0 Å². The number of halogens is 2. The number of nitrogens with one attached hydrogen (secondary N) is 2. The Morgan fingerprint density at radius 3 is 2.49 bits per heavy atom. The van der Waals surface area contributed by atoms with Gasteiger partial charge in [-0.15, -0.1) is 0 Å². The van der Waals surface area contributed by atoms with E-state index in [0.717, 1.165) is 5.56 Å². The van der Waals surface area contributed by atoms with Gasteiger partial charge in [-0.1, -0.05) is 30.3 Å². The Hall–Kier alpha value is -3.01. The molecule has 1 aliphatic heterocycles. The molecule has 0 aromatic heterocycles. The number of benzene rings is 2. The normalized spacial score (nSPS) is 19.8. The van der Waals surface area contributed by atoms with Gasteiger partial charge < -0.3 is 16.0 Å². The molecule has 2 aromatic rings. The number of hydrogen-bond donors (Lipinski definition) is 3. The molecule has 10 heteroatoms. The number of nitrogen functional groups attached to an aromatic ring is 1. The lowest BCUT2D eigenvalue weighted by Gasteiger charge is -2.30. The summed E-state index contributed by atoms with van der Waals surface area (Å²) < 4.78 is 52.7. The van der Waals surface area contributed by atoms with E-state index in [1.165, 1.54) is 0 Å². The van der Waals surface area contributed by atoms with Crippen LogP contribution in [-0.2, 0) is 21.1 Å². The number of amides is 1. The van der Waals surface area contributed by atoms with Crippen molar-refractivity contribution in [2.24, 2.45) is 11.7 Å². The number of rotatable bonds is 8. The third-order valence-electron chi connectivity index (χ3n) is 6.90. The molecule has 1 amide bonds. The molecular formula is C25H30F2N4O3S. The van der Waals surface area contributed by atoms with E-state index >= 15 is 0 Å². The Morgan fingerprint density at radius 2 is 1.83 bits per heavy atom. The van der Waals surface area contributed by atoms with Gasteiger partial charge in [-0.05, 0) is 42.5 Å². The zero-order valence-corrected chi connectivity index (χ0v) is 20.2. The Morgan fingerprint density at radius 1 is 1.14 bits per heavy atom. The summed E-state index contributed by atoms with van der Waals surface area (Å²) in [6.07, 6.45) is 0.769. The maximum atomic E-state index is 13.5. The molecule has 0 bridgehead atoms. The van der Waals surface area contributed by atoms with Crippen LogP contribution in [0.2, 0.25) is 0 Å². The van der Waals surface area contributed by atoms with Crippen molar-refractivity contribution in [1.29, 1.82) is 5.41 Å². The highest BCUT2D eigenvalue weighted by molar-refractivity contribution is 7.91. The molecule has 1 unspecified atom stereocenters. The van der Waals surface area contributed by atoms with Crippen LogP contribution in [0.15, 0.2) is 53.4 Å². The van der Waals surface area contributed by atoms with Crippen molar-refractivity contribution < 1.29 is 22.0 Å². The molecule has 0 radical (unpaired) electrons. The van der Waals surface area contributed by atoms with Crippen LogP contribution < -0.4 is 16.0 Å². The third kappa shape index (κ3) is 5.80. The van der Waals surface area contributed by atoms with Crippen molar-refractivity contribution in [3.05, 3.63) is 59.7 Å². The van der Waals surface area contributed by atoms with Crippen molar-refractivity contribution in [2.45, 2.75) is 49.0 Å². The van der Waals surface area contributed by atoms with Crippen LogP contribution >= 0.6 is 0 Å². The zero-order valence-electron chi connectivity index (χ0n) is 19.3. The highest BCUT2D eigenvalue weighted by atomic mass is 32.2. The minimum Gasteiger partial charge on any atom is -0.384 e. The number of anilines is 1. The number of alkyl halides is 2. The van der Waals surface area contributed by atoms with E-state index in [1.54, 1.807) is 53.4 Å². The molecule has 4 rings (SSSR count). The Kier molecular flexibility index (Phi) is 7.12. The monoisotopic (exact) mass is 504 g/mol. The van der Waals surface area contributed by atoms with Crippen molar-refractivity contribution in [2.75, 3.05) is 23.7 Å². The molecule has 7 nitrogen and oxygen atoms in total. The summed E-state index contributed by atoms with van der Waals surface area (Å²) in [7, 11) is -3.58. The van der Waals surface area contributed by atoms with Gasteiger partial charge in [0.05, 0.1) is 10.6 Å². The van der Waals surface area contributed by atoms with Crippen LogP contribution in [0.25, 0.3) is 0 Å². The summed E-state index contributed by atoms with van der Waals surface area (Å²) in [5.41, 5.74) is 7.69. The number of sulfone groups is 1. The second-order valence-corrected chi connectivity index (χ2v) is 11.5. The van der Waals surface area contributed by atoms with Crippen LogP contribution in [0.3, 0.4) is 0 Å². The van der Waals surface area contributed by atoms with Gasteiger partial charge in [-0.25, -0.2) is 17.2 Å². The average molecular weight is 505 g/mol. The largest absolute Gasteiger partial charge is 0.384 e.